The van der Waals surface area contributed by atoms with Crippen LogP contribution in [0.15, 0.2) is 29.4 Å². The summed E-state index contributed by atoms with van der Waals surface area (Å²) >= 11 is 5.87. The van der Waals surface area contributed by atoms with Crippen molar-refractivity contribution in [1.82, 2.24) is 9.97 Å². The zero-order valence-electron chi connectivity index (χ0n) is 10.5. The lowest BCUT2D eigenvalue weighted by atomic mass is 10.2. The molecule has 0 unspecified atom stereocenters. The van der Waals surface area contributed by atoms with Gasteiger partial charge in [0.05, 0.1) is 11.2 Å². The minimum Gasteiger partial charge on any atom is -0.245 e. The highest BCUT2D eigenvalue weighted by Gasteiger charge is 2.03. The second-order valence-electron chi connectivity index (χ2n) is 3.98. The minimum absolute atomic E-state index is 0.223. The Balaban J connectivity index is 2.16. The molecule has 0 fully saturated rings. The predicted molar refractivity (Wildman–Crippen MR) is 74.1 cm³/mol. The Morgan fingerprint density at radius 1 is 1.26 bits per heavy atom. The van der Waals surface area contributed by atoms with Crippen LogP contribution in [0.25, 0.3) is 0 Å². The van der Waals surface area contributed by atoms with Gasteiger partial charge in [-0.05, 0) is 32.0 Å². The summed E-state index contributed by atoms with van der Waals surface area (Å²) in [7, 11) is 0. The van der Waals surface area contributed by atoms with Crippen molar-refractivity contribution in [3.05, 3.63) is 52.1 Å². The lowest BCUT2D eigenvalue weighted by Crippen LogP contribution is -2.00. The van der Waals surface area contributed by atoms with Crippen LogP contribution in [0, 0.1) is 19.7 Å². The van der Waals surface area contributed by atoms with Crippen LogP contribution in [0.5, 0.6) is 0 Å². The maximum Gasteiger partial charge on any atom is 0.243 e. The quantitative estimate of drug-likeness (QED) is 0.692. The van der Waals surface area contributed by atoms with E-state index < -0.39 is 5.82 Å². The second kappa shape index (κ2) is 5.75. The van der Waals surface area contributed by atoms with Crippen molar-refractivity contribution in [2.24, 2.45) is 5.10 Å². The van der Waals surface area contributed by atoms with Gasteiger partial charge in [-0.2, -0.15) is 5.10 Å². The SMILES string of the molecule is Cc1cc(C)nc(NN=Cc2c(F)cccc2Cl)n1. The van der Waals surface area contributed by atoms with Gasteiger partial charge in [0.15, 0.2) is 0 Å². The van der Waals surface area contributed by atoms with E-state index in [1.165, 1.54) is 18.3 Å². The number of hydrazone groups is 1. The second-order valence-corrected chi connectivity index (χ2v) is 4.39. The number of hydrogen-bond acceptors (Lipinski definition) is 4. The molecule has 0 aliphatic heterocycles. The van der Waals surface area contributed by atoms with E-state index in [4.69, 9.17) is 11.6 Å². The number of halogens is 2. The van der Waals surface area contributed by atoms with Crippen LogP contribution in [-0.4, -0.2) is 16.2 Å². The average molecular weight is 279 g/mol. The molecule has 1 aromatic heterocycles. The number of nitrogens with zero attached hydrogens (tertiary/aromatic N) is 3. The smallest absolute Gasteiger partial charge is 0.243 e. The highest BCUT2D eigenvalue weighted by Crippen LogP contribution is 2.16. The first-order valence-corrected chi connectivity index (χ1v) is 5.99. The van der Waals surface area contributed by atoms with Gasteiger partial charge in [0.1, 0.15) is 5.82 Å². The number of anilines is 1. The third-order valence-electron chi connectivity index (χ3n) is 2.34. The molecule has 0 aliphatic carbocycles. The van der Waals surface area contributed by atoms with E-state index in [9.17, 15) is 4.39 Å². The topological polar surface area (TPSA) is 50.2 Å². The van der Waals surface area contributed by atoms with E-state index in [1.807, 2.05) is 19.9 Å². The highest BCUT2D eigenvalue weighted by atomic mass is 35.5. The monoisotopic (exact) mass is 278 g/mol. The van der Waals surface area contributed by atoms with E-state index >= 15 is 0 Å². The molecular formula is C13H12ClFN4. The Morgan fingerprint density at radius 3 is 2.58 bits per heavy atom. The molecule has 1 N–H and O–H groups in total. The zero-order valence-corrected chi connectivity index (χ0v) is 11.2. The molecule has 6 heteroatoms. The summed E-state index contributed by atoms with van der Waals surface area (Å²) in [5, 5.41) is 4.19. The van der Waals surface area contributed by atoms with E-state index in [-0.39, 0.29) is 5.56 Å². The molecule has 19 heavy (non-hydrogen) atoms. The van der Waals surface area contributed by atoms with E-state index in [0.717, 1.165) is 11.4 Å². The molecule has 1 aromatic carbocycles. The molecule has 0 atom stereocenters. The van der Waals surface area contributed by atoms with Gasteiger partial charge in [-0.1, -0.05) is 17.7 Å². The van der Waals surface area contributed by atoms with E-state index in [0.29, 0.717) is 11.0 Å². The Hall–Kier alpha value is -2.01. The van der Waals surface area contributed by atoms with E-state index in [1.54, 1.807) is 6.07 Å². The number of hydrogen-bond donors (Lipinski definition) is 1. The number of rotatable bonds is 3. The van der Waals surface area contributed by atoms with Gasteiger partial charge < -0.3 is 0 Å². The average Bonchev–Trinajstić information content (AvgIpc) is 2.32. The van der Waals surface area contributed by atoms with Gasteiger partial charge in [0.2, 0.25) is 5.95 Å². The van der Waals surface area contributed by atoms with Crippen molar-refractivity contribution < 1.29 is 4.39 Å². The largest absolute Gasteiger partial charge is 0.245 e. The number of benzene rings is 1. The van der Waals surface area contributed by atoms with Crippen LogP contribution in [-0.2, 0) is 0 Å². The number of aromatic nitrogens is 2. The van der Waals surface area contributed by atoms with Gasteiger partial charge in [0.25, 0.3) is 0 Å². The molecular weight excluding hydrogens is 267 g/mol. The number of nitrogens with one attached hydrogen (secondary N) is 1. The third kappa shape index (κ3) is 3.48. The fourth-order valence-corrected chi connectivity index (χ4v) is 1.78. The summed E-state index contributed by atoms with van der Waals surface area (Å²) < 4.78 is 13.5. The molecule has 98 valence electrons. The fourth-order valence-electron chi connectivity index (χ4n) is 1.56. The van der Waals surface area contributed by atoms with Crippen LogP contribution in [0.4, 0.5) is 10.3 Å². The number of aryl methyl sites for hydroxylation is 2. The van der Waals surface area contributed by atoms with Crippen molar-refractivity contribution in [3.63, 3.8) is 0 Å². The standard InChI is InChI=1S/C13H12ClFN4/c1-8-6-9(2)18-13(17-8)19-16-7-10-11(14)4-3-5-12(10)15/h3-7H,1-2H3,(H,17,18,19). The summed E-state index contributed by atoms with van der Waals surface area (Å²) in [5.74, 6) is -0.0689. The molecule has 4 nitrogen and oxygen atoms in total. The first-order chi connectivity index (χ1) is 9.06. The first-order valence-electron chi connectivity index (χ1n) is 5.61. The van der Waals surface area contributed by atoms with Crippen molar-refractivity contribution in [1.29, 1.82) is 0 Å². The summed E-state index contributed by atoms with van der Waals surface area (Å²) in [6.45, 7) is 3.72. The van der Waals surface area contributed by atoms with Gasteiger partial charge in [-0.25, -0.2) is 19.8 Å². The maximum absolute atomic E-state index is 13.5. The summed E-state index contributed by atoms with van der Waals surface area (Å²) in [6.07, 6.45) is 1.30. The molecule has 0 bridgehead atoms. The lowest BCUT2D eigenvalue weighted by Gasteiger charge is -2.02. The molecule has 0 saturated heterocycles. The Morgan fingerprint density at radius 2 is 1.95 bits per heavy atom. The Bertz CT molecular complexity index is 588. The van der Waals surface area contributed by atoms with Crippen molar-refractivity contribution in [2.75, 3.05) is 5.43 Å². The van der Waals surface area contributed by atoms with Crippen molar-refractivity contribution in [2.45, 2.75) is 13.8 Å². The third-order valence-corrected chi connectivity index (χ3v) is 2.67. The molecule has 2 aromatic rings. The molecule has 0 aliphatic rings. The molecule has 2 rings (SSSR count). The highest BCUT2D eigenvalue weighted by molar-refractivity contribution is 6.33. The molecule has 0 saturated carbocycles. The molecule has 0 spiro atoms. The van der Waals surface area contributed by atoms with Gasteiger partial charge in [-0.15, -0.1) is 0 Å². The van der Waals surface area contributed by atoms with Crippen LogP contribution in [0.2, 0.25) is 5.02 Å². The van der Waals surface area contributed by atoms with Gasteiger partial charge in [-0.3, -0.25) is 0 Å². The predicted octanol–water partition coefficient (Wildman–Crippen LogP) is 3.33. The minimum atomic E-state index is -0.431. The van der Waals surface area contributed by atoms with Crippen LogP contribution < -0.4 is 5.43 Å². The first kappa shape index (κ1) is 13.4. The van der Waals surface area contributed by atoms with Crippen LogP contribution in [0.3, 0.4) is 0 Å². The fraction of sp³-hybridized carbons (Fsp3) is 0.154. The Kier molecular flexibility index (Phi) is 4.06. The normalized spacial score (nSPS) is 10.9. The van der Waals surface area contributed by atoms with Crippen molar-refractivity contribution >= 4 is 23.8 Å². The van der Waals surface area contributed by atoms with Crippen molar-refractivity contribution in [3.8, 4) is 0 Å². The summed E-state index contributed by atoms with van der Waals surface area (Å²) in [6, 6.07) is 6.30. The zero-order chi connectivity index (χ0) is 13.8. The summed E-state index contributed by atoms with van der Waals surface area (Å²) in [4.78, 5) is 8.29. The maximum atomic E-state index is 13.5. The Labute approximate surface area is 115 Å². The van der Waals surface area contributed by atoms with Gasteiger partial charge >= 0.3 is 0 Å². The van der Waals surface area contributed by atoms with E-state index in [2.05, 4.69) is 20.5 Å². The molecule has 0 radical (unpaired) electrons. The molecule has 0 amide bonds. The van der Waals surface area contributed by atoms with Crippen LogP contribution >= 0.6 is 11.6 Å². The van der Waals surface area contributed by atoms with Gasteiger partial charge in [0, 0.05) is 17.0 Å². The summed E-state index contributed by atoms with van der Waals surface area (Å²) in [5.41, 5.74) is 4.53. The molecule has 1 heterocycles. The lowest BCUT2D eigenvalue weighted by molar-refractivity contribution is 0.626. The van der Waals surface area contributed by atoms with Crippen LogP contribution in [0.1, 0.15) is 17.0 Å².